The number of hydrogen-bond acceptors (Lipinski definition) is 3. The summed E-state index contributed by atoms with van der Waals surface area (Å²) in [6.45, 7) is 0.105. The quantitative estimate of drug-likeness (QED) is 0.851. The van der Waals surface area contributed by atoms with E-state index >= 15 is 0 Å². The Morgan fingerprint density at radius 1 is 1.44 bits per heavy atom. The van der Waals surface area contributed by atoms with Crippen molar-refractivity contribution in [1.82, 2.24) is 9.97 Å². The highest BCUT2D eigenvalue weighted by molar-refractivity contribution is 5.88. The normalized spacial score (nSPS) is 10.1. The number of imidazole rings is 1. The Kier molecular flexibility index (Phi) is 3.90. The van der Waals surface area contributed by atoms with Gasteiger partial charge in [-0.2, -0.15) is 0 Å². The SMILES string of the molecule is O=C(CCOc1ccccc1F)Nc1ncc[nH]1. The molecule has 94 valence electrons. The number of hydrogen-bond donors (Lipinski definition) is 2. The number of aromatic nitrogens is 2. The highest BCUT2D eigenvalue weighted by Crippen LogP contribution is 2.15. The molecule has 0 fully saturated rings. The maximum Gasteiger partial charge on any atom is 0.230 e. The number of aromatic amines is 1. The fourth-order valence-electron chi connectivity index (χ4n) is 1.34. The van der Waals surface area contributed by atoms with Crippen molar-refractivity contribution in [3.05, 3.63) is 42.5 Å². The number of benzene rings is 1. The molecule has 1 heterocycles. The molecule has 2 rings (SSSR count). The van der Waals surface area contributed by atoms with Crippen LogP contribution in [0.5, 0.6) is 5.75 Å². The number of ether oxygens (including phenoxy) is 1. The molecule has 0 saturated heterocycles. The lowest BCUT2D eigenvalue weighted by molar-refractivity contribution is -0.116. The first-order valence-electron chi connectivity index (χ1n) is 5.42. The van der Waals surface area contributed by atoms with Crippen molar-refractivity contribution in [1.29, 1.82) is 0 Å². The Bertz CT molecular complexity index is 514. The van der Waals surface area contributed by atoms with Crippen LogP contribution in [0.3, 0.4) is 0 Å². The second-order valence-electron chi connectivity index (χ2n) is 3.51. The number of nitrogens with one attached hydrogen (secondary N) is 2. The molecule has 18 heavy (non-hydrogen) atoms. The van der Waals surface area contributed by atoms with E-state index in [1.165, 1.54) is 18.3 Å². The van der Waals surface area contributed by atoms with Gasteiger partial charge >= 0.3 is 0 Å². The smallest absolute Gasteiger partial charge is 0.230 e. The predicted molar refractivity (Wildman–Crippen MR) is 63.7 cm³/mol. The number of carbonyl (C=O) groups excluding carboxylic acids is 1. The van der Waals surface area contributed by atoms with Gasteiger partial charge in [-0.3, -0.25) is 10.1 Å². The van der Waals surface area contributed by atoms with Crippen LogP contribution in [-0.2, 0) is 4.79 Å². The van der Waals surface area contributed by atoms with Gasteiger partial charge in [0.2, 0.25) is 11.9 Å². The van der Waals surface area contributed by atoms with Gasteiger partial charge < -0.3 is 9.72 Å². The van der Waals surface area contributed by atoms with Crippen LogP contribution < -0.4 is 10.1 Å². The van der Waals surface area contributed by atoms with E-state index in [-0.39, 0.29) is 24.7 Å². The van der Waals surface area contributed by atoms with Gasteiger partial charge in [0.05, 0.1) is 13.0 Å². The molecule has 0 radical (unpaired) electrons. The first-order valence-corrected chi connectivity index (χ1v) is 5.42. The summed E-state index contributed by atoms with van der Waals surface area (Å²) in [5.41, 5.74) is 0. The van der Waals surface area contributed by atoms with E-state index in [2.05, 4.69) is 15.3 Å². The van der Waals surface area contributed by atoms with Crippen molar-refractivity contribution < 1.29 is 13.9 Å². The Hall–Kier alpha value is -2.37. The maximum atomic E-state index is 13.2. The van der Waals surface area contributed by atoms with Gasteiger partial charge in [-0.05, 0) is 12.1 Å². The second-order valence-corrected chi connectivity index (χ2v) is 3.51. The van der Waals surface area contributed by atoms with Gasteiger partial charge in [0.15, 0.2) is 11.6 Å². The molecule has 6 heteroatoms. The van der Waals surface area contributed by atoms with Gasteiger partial charge in [-0.1, -0.05) is 12.1 Å². The Morgan fingerprint density at radius 3 is 3.00 bits per heavy atom. The minimum absolute atomic E-state index is 0.105. The van der Waals surface area contributed by atoms with E-state index < -0.39 is 5.82 Å². The molecule has 0 aliphatic rings. The fraction of sp³-hybridized carbons (Fsp3) is 0.167. The molecular weight excluding hydrogens is 237 g/mol. The van der Waals surface area contributed by atoms with E-state index in [0.29, 0.717) is 5.95 Å². The van der Waals surface area contributed by atoms with Gasteiger partial charge in [-0.25, -0.2) is 9.37 Å². The van der Waals surface area contributed by atoms with E-state index in [1.54, 1.807) is 18.3 Å². The number of para-hydroxylation sites is 1. The van der Waals surface area contributed by atoms with Crippen molar-refractivity contribution in [2.24, 2.45) is 0 Å². The third-order valence-corrected chi connectivity index (χ3v) is 2.18. The van der Waals surface area contributed by atoms with Gasteiger partial charge in [-0.15, -0.1) is 0 Å². The topological polar surface area (TPSA) is 67.0 Å². The van der Waals surface area contributed by atoms with E-state index in [1.807, 2.05) is 0 Å². The van der Waals surface area contributed by atoms with Crippen LogP contribution in [0, 0.1) is 5.82 Å². The molecule has 1 aromatic carbocycles. The summed E-state index contributed by atoms with van der Waals surface area (Å²) >= 11 is 0. The Labute approximate surface area is 103 Å². The van der Waals surface area contributed by atoms with Crippen molar-refractivity contribution in [3.8, 4) is 5.75 Å². The van der Waals surface area contributed by atoms with E-state index in [9.17, 15) is 9.18 Å². The van der Waals surface area contributed by atoms with Gasteiger partial charge in [0, 0.05) is 12.4 Å². The van der Waals surface area contributed by atoms with Crippen LogP contribution in [0.2, 0.25) is 0 Å². The van der Waals surface area contributed by atoms with Crippen LogP contribution in [0.1, 0.15) is 6.42 Å². The minimum Gasteiger partial charge on any atom is -0.490 e. The zero-order chi connectivity index (χ0) is 12.8. The Morgan fingerprint density at radius 2 is 2.28 bits per heavy atom. The van der Waals surface area contributed by atoms with Crippen molar-refractivity contribution in [3.63, 3.8) is 0 Å². The summed E-state index contributed by atoms with van der Waals surface area (Å²) in [6, 6.07) is 6.06. The number of rotatable bonds is 5. The number of H-pyrrole nitrogens is 1. The summed E-state index contributed by atoms with van der Waals surface area (Å²) < 4.78 is 18.3. The highest BCUT2D eigenvalue weighted by atomic mass is 19.1. The summed E-state index contributed by atoms with van der Waals surface area (Å²) in [7, 11) is 0. The number of anilines is 1. The highest BCUT2D eigenvalue weighted by Gasteiger charge is 2.05. The number of amides is 1. The minimum atomic E-state index is -0.441. The van der Waals surface area contributed by atoms with Crippen LogP contribution in [0.15, 0.2) is 36.7 Å². The average molecular weight is 249 g/mol. The molecule has 0 aliphatic heterocycles. The second kappa shape index (κ2) is 5.81. The summed E-state index contributed by atoms with van der Waals surface area (Å²) in [5.74, 6) is -0.167. The summed E-state index contributed by atoms with van der Waals surface area (Å²) in [4.78, 5) is 18.0. The van der Waals surface area contributed by atoms with Crippen LogP contribution in [-0.4, -0.2) is 22.5 Å². The molecule has 0 atom stereocenters. The molecule has 2 aromatic rings. The van der Waals surface area contributed by atoms with E-state index in [4.69, 9.17) is 4.74 Å². The van der Waals surface area contributed by atoms with Crippen LogP contribution in [0.25, 0.3) is 0 Å². The fourth-order valence-corrected chi connectivity index (χ4v) is 1.34. The third-order valence-electron chi connectivity index (χ3n) is 2.18. The van der Waals surface area contributed by atoms with Crippen molar-refractivity contribution in [2.45, 2.75) is 6.42 Å². The number of halogens is 1. The monoisotopic (exact) mass is 249 g/mol. The summed E-state index contributed by atoms with van der Waals surface area (Å²) in [5, 5.41) is 2.54. The molecule has 0 unspecified atom stereocenters. The van der Waals surface area contributed by atoms with Gasteiger partial charge in [0.1, 0.15) is 0 Å². The molecule has 1 amide bonds. The number of nitrogens with zero attached hydrogens (tertiary/aromatic N) is 1. The molecular formula is C12H12FN3O2. The summed E-state index contributed by atoms with van der Waals surface area (Å²) in [6.07, 6.45) is 3.26. The van der Waals surface area contributed by atoms with Crippen molar-refractivity contribution >= 4 is 11.9 Å². The molecule has 0 aliphatic carbocycles. The Balaban J connectivity index is 1.75. The van der Waals surface area contributed by atoms with Crippen molar-refractivity contribution in [2.75, 3.05) is 11.9 Å². The lowest BCUT2D eigenvalue weighted by Gasteiger charge is -2.06. The van der Waals surface area contributed by atoms with Crippen LogP contribution in [0.4, 0.5) is 10.3 Å². The van der Waals surface area contributed by atoms with Gasteiger partial charge in [0.25, 0.3) is 0 Å². The zero-order valence-corrected chi connectivity index (χ0v) is 9.52. The molecule has 0 saturated carbocycles. The first-order chi connectivity index (χ1) is 8.75. The molecule has 5 nitrogen and oxygen atoms in total. The lowest BCUT2D eigenvalue weighted by Crippen LogP contribution is -2.16. The standard InChI is InChI=1S/C12H12FN3O2/c13-9-3-1-2-4-10(9)18-8-5-11(17)16-12-14-6-7-15-12/h1-4,6-7H,5,8H2,(H2,14,15,16,17). The predicted octanol–water partition coefficient (Wildman–Crippen LogP) is 1.96. The largest absolute Gasteiger partial charge is 0.490 e. The molecule has 0 spiro atoms. The maximum absolute atomic E-state index is 13.2. The first kappa shape index (κ1) is 12.1. The molecule has 2 N–H and O–H groups in total. The molecule has 0 bridgehead atoms. The van der Waals surface area contributed by atoms with Crippen LogP contribution >= 0.6 is 0 Å². The molecule has 1 aromatic heterocycles. The number of carbonyl (C=O) groups is 1. The lowest BCUT2D eigenvalue weighted by atomic mass is 10.3. The third kappa shape index (κ3) is 3.31. The van der Waals surface area contributed by atoms with E-state index in [0.717, 1.165) is 0 Å². The average Bonchev–Trinajstić information content (AvgIpc) is 2.84. The zero-order valence-electron chi connectivity index (χ0n) is 9.52.